The number of hydrogen-bond acceptors (Lipinski definition) is 0. The molecule has 0 N–H and O–H groups in total. The second kappa shape index (κ2) is 8.08. The molecule has 0 saturated heterocycles. The third-order valence-corrected chi connectivity index (χ3v) is 2.85. The van der Waals surface area contributed by atoms with Gasteiger partial charge in [-0.3, -0.25) is 0 Å². The largest absolute Gasteiger partial charge is 0.100 e. The van der Waals surface area contributed by atoms with E-state index in [1.165, 1.54) is 44.1 Å². The molecule has 0 nitrogen and oxygen atoms in total. The summed E-state index contributed by atoms with van der Waals surface area (Å²) in [7, 11) is 0. The molecule has 0 aromatic heterocycles. The van der Waals surface area contributed by atoms with Crippen LogP contribution in [0.2, 0.25) is 0 Å². The quantitative estimate of drug-likeness (QED) is 0.370. The normalized spacial score (nSPS) is 13.2. The molecule has 14 heavy (non-hydrogen) atoms. The van der Waals surface area contributed by atoms with Gasteiger partial charge in [-0.1, -0.05) is 45.6 Å². The molecule has 0 heteroatoms. The van der Waals surface area contributed by atoms with Crippen LogP contribution in [0, 0.1) is 11.8 Å². The molecule has 0 fully saturated rings. The average molecular weight is 196 g/mol. The molecule has 84 valence electrons. The number of unbranched alkanes of at least 4 members (excludes halogenated alkanes) is 1. The maximum Gasteiger partial charge on any atom is -0.0326 e. The molecule has 0 aliphatic carbocycles. The van der Waals surface area contributed by atoms with Crippen molar-refractivity contribution in [2.24, 2.45) is 11.8 Å². The summed E-state index contributed by atoms with van der Waals surface area (Å²) in [5.74, 6) is 1.82. The van der Waals surface area contributed by atoms with Crippen molar-refractivity contribution in [1.82, 2.24) is 0 Å². The topological polar surface area (TPSA) is 0 Å². The Morgan fingerprint density at radius 3 is 2.29 bits per heavy atom. The second-order valence-electron chi connectivity index (χ2n) is 5.11. The summed E-state index contributed by atoms with van der Waals surface area (Å²) in [6.07, 6.45) is 8.12. The van der Waals surface area contributed by atoms with E-state index in [1.54, 1.807) is 0 Å². The van der Waals surface area contributed by atoms with Crippen LogP contribution in [0.3, 0.4) is 0 Å². The van der Waals surface area contributed by atoms with E-state index in [-0.39, 0.29) is 0 Å². The summed E-state index contributed by atoms with van der Waals surface area (Å²) in [5, 5.41) is 0. The first-order valence-corrected chi connectivity index (χ1v) is 6.20. The van der Waals surface area contributed by atoms with E-state index in [9.17, 15) is 0 Å². The van der Waals surface area contributed by atoms with Crippen molar-refractivity contribution < 1.29 is 0 Å². The van der Waals surface area contributed by atoms with Gasteiger partial charge in [0.25, 0.3) is 0 Å². The van der Waals surface area contributed by atoms with Crippen LogP contribution in [0.5, 0.6) is 0 Å². The second-order valence-corrected chi connectivity index (χ2v) is 5.11. The first-order valence-electron chi connectivity index (χ1n) is 6.20. The van der Waals surface area contributed by atoms with E-state index >= 15 is 0 Å². The lowest BCUT2D eigenvalue weighted by atomic mass is 9.90. The Balaban J connectivity index is 3.47. The lowest BCUT2D eigenvalue weighted by Gasteiger charge is -2.16. The fourth-order valence-electron chi connectivity index (χ4n) is 2.02. The number of allylic oxidation sites excluding steroid dienone is 1. The first kappa shape index (κ1) is 13.7. The average Bonchev–Trinajstić information content (AvgIpc) is 2.09. The molecule has 0 radical (unpaired) electrons. The zero-order chi connectivity index (χ0) is 11.0. The lowest BCUT2D eigenvalue weighted by molar-refractivity contribution is 0.364. The zero-order valence-electron chi connectivity index (χ0n) is 10.6. The van der Waals surface area contributed by atoms with Crippen LogP contribution in [0.4, 0.5) is 0 Å². The van der Waals surface area contributed by atoms with E-state index < -0.39 is 0 Å². The highest BCUT2D eigenvalue weighted by Crippen LogP contribution is 2.21. The Labute approximate surface area is 90.8 Å². The summed E-state index contributed by atoms with van der Waals surface area (Å²) in [6.45, 7) is 13.1. The molecule has 0 amide bonds. The van der Waals surface area contributed by atoms with Crippen molar-refractivity contribution in [1.29, 1.82) is 0 Å². The van der Waals surface area contributed by atoms with Gasteiger partial charge in [-0.25, -0.2) is 0 Å². The molecule has 0 aliphatic heterocycles. The minimum atomic E-state index is 0.862. The van der Waals surface area contributed by atoms with Crippen molar-refractivity contribution >= 4 is 0 Å². The minimum Gasteiger partial charge on any atom is -0.100 e. The highest BCUT2D eigenvalue weighted by molar-refractivity contribution is 4.87. The predicted octanol–water partition coefficient (Wildman–Crippen LogP) is 5.20. The van der Waals surface area contributed by atoms with E-state index in [0.29, 0.717) is 0 Å². The van der Waals surface area contributed by atoms with E-state index in [1.807, 2.05) is 0 Å². The maximum absolute atomic E-state index is 3.94. The van der Waals surface area contributed by atoms with Gasteiger partial charge in [0.15, 0.2) is 0 Å². The molecule has 0 saturated carbocycles. The van der Waals surface area contributed by atoms with Gasteiger partial charge in [0.1, 0.15) is 0 Å². The molecule has 0 heterocycles. The molecule has 1 atom stereocenters. The summed E-state index contributed by atoms with van der Waals surface area (Å²) in [4.78, 5) is 0. The smallest absolute Gasteiger partial charge is 0.0326 e. The molecule has 0 rings (SSSR count). The summed E-state index contributed by atoms with van der Waals surface area (Å²) < 4.78 is 0. The Kier molecular flexibility index (Phi) is 7.93. The van der Waals surface area contributed by atoms with E-state index in [4.69, 9.17) is 0 Å². The van der Waals surface area contributed by atoms with Crippen LogP contribution in [0.25, 0.3) is 0 Å². The summed E-state index contributed by atoms with van der Waals surface area (Å²) in [5.41, 5.74) is 1.34. The van der Waals surface area contributed by atoms with E-state index in [0.717, 1.165) is 11.8 Å². The fraction of sp³-hybridized carbons (Fsp3) is 0.857. The maximum atomic E-state index is 3.94. The van der Waals surface area contributed by atoms with Gasteiger partial charge in [-0.05, 0) is 38.0 Å². The van der Waals surface area contributed by atoms with Gasteiger partial charge in [-0.15, -0.1) is 6.58 Å². The van der Waals surface area contributed by atoms with Crippen LogP contribution in [0.1, 0.15) is 66.2 Å². The van der Waals surface area contributed by atoms with Crippen LogP contribution in [-0.4, -0.2) is 0 Å². The zero-order valence-corrected chi connectivity index (χ0v) is 10.6. The monoisotopic (exact) mass is 196 g/mol. The van der Waals surface area contributed by atoms with Crippen molar-refractivity contribution in [3.05, 3.63) is 12.2 Å². The molecule has 1 unspecified atom stereocenters. The van der Waals surface area contributed by atoms with Crippen molar-refractivity contribution in [2.45, 2.75) is 66.2 Å². The third kappa shape index (κ3) is 8.34. The highest BCUT2D eigenvalue weighted by atomic mass is 14.1. The van der Waals surface area contributed by atoms with Crippen LogP contribution in [0.15, 0.2) is 12.2 Å². The molecule has 0 aromatic rings. The minimum absolute atomic E-state index is 0.862. The molecule has 0 bridgehead atoms. The van der Waals surface area contributed by atoms with Gasteiger partial charge in [0.2, 0.25) is 0 Å². The summed E-state index contributed by atoms with van der Waals surface area (Å²) >= 11 is 0. The van der Waals surface area contributed by atoms with Gasteiger partial charge in [-0.2, -0.15) is 0 Å². The Bertz CT molecular complexity index is 144. The van der Waals surface area contributed by atoms with Gasteiger partial charge >= 0.3 is 0 Å². The molecule has 0 aliphatic rings. The third-order valence-electron chi connectivity index (χ3n) is 2.85. The van der Waals surface area contributed by atoms with Crippen LogP contribution >= 0.6 is 0 Å². The van der Waals surface area contributed by atoms with Crippen molar-refractivity contribution in [3.63, 3.8) is 0 Å². The Morgan fingerprint density at radius 2 is 1.86 bits per heavy atom. The van der Waals surface area contributed by atoms with Crippen molar-refractivity contribution in [2.75, 3.05) is 0 Å². The molecule has 0 aromatic carbocycles. The fourth-order valence-corrected chi connectivity index (χ4v) is 2.02. The van der Waals surface area contributed by atoms with E-state index in [2.05, 4.69) is 34.3 Å². The Hall–Kier alpha value is -0.260. The van der Waals surface area contributed by atoms with Crippen LogP contribution in [-0.2, 0) is 0 Å². The Morgan fingerprint density at radius 1 is 1.21 bits per heavy atom. The van der Waals surface area contributed by atoms with Gasteiger partial charge < -0.3 is 0 Å². The standard InChI is InChI=1S/C14H28/c1-6-14(11-13(4)5)10-8-7-9-12(2)3/h13-14H,2,6-11H2,1,3-5H3. The molecular formula is C14H28. The highest BCUT2D eigenvalue weighted by Gasteiger charge is 2.07. The molecule has 0 spiro atoms. The van der Waals surface area contributed by atoms with Crippen molar-refractivity contribution in [3.8, 4) is 0 Å². The number of rotatable bonds is 8. The van der Waals surface area contributed by atoms with Gasteiger partial charge in [0.05, 0.1) is 0 Å². The van der Waals surface area contributed by atoms with Crippen LogP contribution < -0.4 is 0 Å². The van der Waals surface area contributed by atoms with Gasteiger partial charge in [0, 0.05) is 0 Å². The lowest BCUT2D eigenvalue weighted by Crippen LogP contribution is -2.03. The summed E-state index contributed by atoms with van der Waals surface area (Å²) in [6, 6.07) is 0. The number of hydrogen-bond donors (Lipinski definition) is 0. The predicted molar refractivity (Wildman–Crippen MR) is 66.5 cm³/mol. The SMILES string of the molecule is C=C(C)CCCCC(CC)CC(C)C. The molecular weight excluding hydrogens is 168 g/mol. The first-order chi connectivity index (χ1) is 6.56.